The molecule has 17 heavy (non-hydrogen) atoms. The first kappa shape index (κ1) is 14.3. The Morgan fingerprint density at radius 2 is 2.41 bits per heavy atom. The van der Waals surface area contributed by atoms with Crippen molar-refractivity contribution < 1.29 is 9.21 Å². The van der Waals surface area contributed by atoms with Gasteiger partial charge in [0.05, 0.1) is 6.26 Å². The maximum atomic E-state index is 11.5. The molecule has 0 saturated heterocycles. The van der Waals surface area contributed by atoms with Crippen LogP contribution in [0.3, 0.4) is 0 Å². The summed E-state index contributed by atoms with van der Waals surface area (Å²) in [4.78, 5) is 11.5. The quantitative estimate of drug-likeness (QED) is 0.592. The van der Waals surface area contributed by atoms with Gasteiger partial charge in [-0.2, -0.15) is 0 Å². The van der Waals surface area contributed by atoms with Crippen molar-refractivity contribution in [1.82, 2.24) is 5.32 Å². The molecule has 0 aliphatic heterocycles. The number of carbonyl (C=O) groups is 1. The average molecular weight is 302 g/mol. The van der Waals surface area contributed by atoms with E-state index in [9.17, 15) is 4.79 Å². The number of nitrogens with one attached hydrogen (secondary N) is 1. The van der Waals surface area contributed by atoms with E-state index < -0.39 is 0 Å². The highest BCUT2D eigenvalue weighted by atomic mass is 79.9. The summed E-state index contributed by atoms with van der Waals surface area (Å²) in [5.74, 6) is 1.65. The summed E-state index contributed by atoms with van der Waals surface area (Å²) in [6.07, 6.45) is 5.00. The van der Waals surface area contributed by atoms with Gasteiger partial charge in [0.25, 0.3) is 0 Å². The summed E-state index contributed by atoms with van der Waals surface area (Å²) in [6, 6.07) is 3.74. The molecule has 1 rings (SSSR count). The van der Waals surface area contributed by atoms with Crippen molar-refractivity contribution in [3.05, 3.63) is 24.2 Å². The zero-order chi connectivity index (χ0) is 12.5. The normalized spacial score (nSPS) is 12.4. The van der Waals surface area contributed by atoms with Crippen molar-refractivity contribution in [3.8, 4) is 0 Å². The number of hydrogen-bond acceptors (Lipinski definition) is 2. The lowest BCUT2D eigenvalue weighted by Crippen LogP contribution is -2.24. The van der Waals surface area contributed by atoms with Gasteiger partial charge in [0, 0.05) is 24.7 Å². The van der Waals surface area contributed by atoms with Gasteiger partial charge in [-0.15, -0.1) is 0 Å². The van der Waals surface area contributed by atoms with Crippen LogP contribution in [0, 0.1) is 5.92 Å². The molecule has 0 aliphatic carbocycles. The number of carbonyl (C=O) groups excluding carboxylic acids is 1. The molecule has 1 aromatic rings. The van der Waals surface area contributed by atoms with Crippen LogP contribution in [0.2, 0.25) is 0 Å². The van der Waals surface area contributed by atoms with Crippen LogP contribution in [-0.4, -0.2) is 17.8 Å². The van der Waals surface area contributed by atoms with Crippen molar-refractivity contribution in [2.45, 2.75) is 32.6 Å². The van der Waals surface area contributed by atoms with Gasteiger partial charge < -0.3 is 9.73 Å². The lowest BCUT2D eigenvalue weighted by Gasteiger charge is -2.08. The first-order chi connectivity index (χ1) is 8.22. The summed E-state index contributed by atoms with van der Waals surface area (Å²) >= 11 is 3.44. The topological polar surface area (TPSA) is 42.2 Å². The van der Waals surface area contributed by atoms with Gasteiger partial charge >= 0.3 is 0 Å². The van der Waals surface area contributed by atoms with Crippen LogP contribution >= 0.6 is 15.9 Å². The van der Waals surface area contributed by atoms with E-state index in [0.29, 0.717) is 18.8 Å². The van der Waals surface area contributed by atoms with Crippen LogP contribution < -0.4 is 5.32 Å². The van der Waals surface area contributed by atoms with E-state index in [-0.39, 0.29) is 5.91 Å². The number of rotatable bonds is 8. The Kier molecular flexibility index (Phi) is 7.01. The van der Waals surface area contributed by atoms with Crippen LogP contribution in [0.15, 0.2) is 22.8 Å². The second kappa shape index (κ2) is 8.34. The zero-order valence-electron chi connectivity index (χ0n) is 10.2. The number of furan rings is 1. The molecule has 96 valence electrons. The van der Waals surface area contributed by atoms with Gasteiger partial charge in [-0.05, 0) is 30.9 Å². The number of hydrogen-bond donors (Lipinski definition) is 1. The van der Waals surface area contributed by atoms with Crippen LogP contribution in [0.25, 0.3) is 0 Å². The van der Waals surface area contributed by atoms with E-state index in [1.807, 2.05) is 12.1 Å². The Balaban J connectivity index is 2.02. The molecule has 0 spiro atoms. The minimum absolute atomic E-state index is 0.105. The maximum Gasteiger partial charge on any atom is 0.220 e. The van der Waals surface area contributed by atoms with Crippen LogP contribution in [0.1, 0.15) is 31.9 Å². The molecule has 0 fully saturated rings. The molecule has 1 N–H and O–H groups in total. The monoisotopic (exact) mass is 301 g/mol. The van der Waals surface area contributed by atoms with Crippen molar-refractivity contribution in [2.24, 2.45) is 5.92 Å². The summed E-state index contributed by atoms with van der Waals surface area (Å²) in [5, 5.41) is 3.96. The van der Waals surface area contributed by atoms with Gasteiger partial charge in [-0.25, -0.2) is 0 Å². The fourth-order valence-corrected chi connectivity index (χ4v) is 1.86. The molecule has 1 atom stereocenters. The van der Waals surface area contributed by atoms with Gasteiger partial charge in [0.15, 0.2) is 0 Å². The van der Waals surface area contributed by atoms with E-state index in [1.165, 1.54) is 0 Å². The van der Waals surface area contributed by atoms with Crippen molar-refractivity contribution >= 4 is 21.8 Å². The molecular weight excluding hydrogens is 282 g/mol. The summed E-state index contributed by atoms with van der Waals surface area (Å²) in [7, 11) is 0. The smallest absolute Gasteiger partial charge is 0.220 e. The third-order valence-electron chi connectivity index (χ3n) is 2.64. The minimum Gasteiger partial charge on any atom is -0.469 e. The van der Waals surface area contributed by atoms with Gasteiger partial charge in [-0.3, -0.25) is 4.79 Å². The molecule has 0 bridgehead atoms. The number of alkyl halides is 1. The molecule has 0 radical (unpaired) electrons. The second-order valence-electron chi connectivity index (χ2n) is 4.33. The van der Waals surface area contributed by atoms with E-state index >= 15 is 0 Å². The van der Waals surface area contributed by atoms with Crippen molar-refractivity contribution in [1.29, 1.82) is 0 Å². The van der Waals surface area contributed by atoms with E-state index in [0.717, 1.165) is 30.5 Å². The Morgan fingerprint density at radius 1 is 1.59 bits per heavy atom. The van der Waals surface area contributed by atoms with Gasteiger partial charge in [-0.1, -0.05) is 22.9 Å². The van der Waals surface area contributed by atoms with Gasteiger partial charge in [0.2, 0.25) is 5.91 Å². The molecule has 1 amide bonds. The van der Waals surface area contributed by atoms with Crippen LogP contribution in [0.5, 0.6) is 0 Å². The lowest BCUT2D eigenvalue weighted by molar-refractivity contribution is -0.121. The third kappa shape index (κ3) is 6.51. The first-order valence-electron chi connectivity index (χ1n) is 6.07. The second-order valence-corrected chi connectivity index (χ2v) is 4.98. The fourth-order valence-electron chi connectivity index (χ4n) is 1.54. The molecule has 0 aliphatic rings. The number of amides is 1. The molecule has 1 unspecified atom stereocenters. The Labute approximate surface area is 111 Å². The molecule has 0 saturated carbocycles. The van der Waals surface area contributed by atoms with E-state index in [4.69, 9.17) is 4.42 Å². The molecule has 4 heteroatoms. The van der Waals surface area contributed by atoms with E-state index in [2.05, 4.69) is 28.2 Å². The summed E-state index contributed by atoms with van der Waals surface area (Å²) in [5.41, 5.74) is 0. The largest absolute Gasteiger partial charge is 0.469 e. The molecule has 0 aromatic carbocycles. The predicted molar refractivity (Wildman–Crippen MR) is 72.2 cm³/mol. The van der Waals surface area contributed by atoms with Crippen LogP contribution in [0.4, 0.5) is 0 Å². The van der Waals surface area contributed by atoms with Crippen molar-refractivity contribution in [3.63, 3.8) is 0 Å². The average Bonchev–Trinajstić information content (AvgIpc) is 2.84. The Morgan fingerprint density at radius 3 is 3.06 bits per heavy atom. The Hall–Kier alpha value is -0.770. The standard InChI is InChI=1S/C13H20BrNO2/c1-11(10-14)4-2-8-15-13(16)7-6-12-5-3-9-17-12/h3,5,9,11H,2,4,6-8,10H2,1H3,(H,15,16). The molecule has 1 heterocycles. The lowest BCUT2D eigenvalue weighted by atomic mass is 10.1. The maximum absolute atomic E-state index is 11.5. The predicted octanol–water partition coefficient (Wildman–Crippen LogP) is 3.14. The third-order valence-corrected chi connectivity index (χ3v) is 3.74. The van der Waals surface area contributed by atoms with E-state index in [1.54, 1.807) is 6.26 Å². The fraction of sp³-hybridized carbons (Fsp3) is 0.615. The summed E-state index contributed by atoms with van der Waals surface area (Å²) < 4.78 is 5.17. The highest BCUT2D eigenvalue weighted by Gasteiger charge is 2.04. The Bertz CT molecular complexity index is 311. The minimum atomic E-state index is 0.105. The van der Waals surface area contributed by atoms with Gasteiger partial charge in [0.1, 0.15) is 5.76 Å². The highest BCUT2D eigenvalue weighted by molar-refractivity contribution is 9.09. The molecule has 3 nitrogen and oxygen atoms in total. The first-order valence-corrected chi connectivity index (χ1v) is 7.19. The molecular formula is C13H20BrNO2. The van der Waals surface area contributed by atoms with Crippen LogP contribution in [-0.2, 0) is 11.2 Å². The highest BCUT2D eigenvalue weighted by Crippen LogP contribution is 2.07. The number of halogens is 1. The summed E-state index contributed by atoms with van der Waals surface area (Å²) in [6.45, 7) is 2.97. The SMILES string of the molecule is CC(CBr)CCCNC(=O)CCc1ccco1. The molecule has 1 aromatic heterocycles. The van der Waals surface area contributed by atoms with Crippen molar-refractivity contribution in [2.75, 3.05) is 11.9 Å². The number of aryl methyl sites for hydroxylation is 1. The zero-order valence-corrected chi connectivity index (χ0v) is 11.8.